The first-order valence-electron chi connectivity index (χ1n) is 10.7. The molecule has 0 saturated carbocycles. The van der Waals surface area contributed by atoms with Gasteiger partial charge >= 0.3 is 12.1 Å². The van der Waals surface area contributed by atoms with E-state index in [0.29, 0.717) is 11.3 Å². The third-order valence-corrected chi connectivity index (χ3v) is 5.80. The second-order valence-electron chi connectivity index (χ2n) is 7.91. The molecule has 1 unspecified atom stereocenters. The van der Waals surface area contributed by atoms with Crippen molar-refractivity contribution in [2.45, 2.75) is 18.8 Å². The molecule has 33 heavy (non-hydrogen) atoms. The lowest BCUT2D eigenvalue weighted by molar-refractivity contribution is -0.138. The number of hydrogen-bond donors (Lipinski definition) is 3. The Morgan fingerprint density at radius 1 is 0.909 bits per heavy atom. The van der Waals surface area contributed by atoms with Gasteiger partial charge in [-0.1, -0.05) is 60.7 Å². The van der Waals surface area contributed by atoms with Gasteiger partial charge in [0.2, 0.25) is 5.91 Å². The molecule has 4 rings (SSSR count). The maximum atomic E-state index is 12.2. The van der Waals surface area contributed by atoms with Crippen LogP contribution >= 0.6 is 0 Å². The van der Waals surface area contributed by atoms with Gasteiger partial charge in [-0.3, -0.25) is 9.59 Å². The van der Waals surface area contributed by atoms with E-state index in [1.54, 1.807) is 31.2 Å². The Labute approximate surface area is 191 Å². The number of benzene rings is 3. The molecule has 1 atom stereocenters. The Bertz CT molecular complexity index is 1140. The second kappa shape index (κ2) is 9.56. The number of amides is 2. The molecule has 0 saturated heterocycles. The zero-order valence-corrected chi connectivity index (χ0v) is 18.1. The Hall–Kier alpha value is -4.13. The molecule has 168 valence electrons. The quantitative estimate of drug-likeness (QED) is 0.503. The maximum absolute atomic E-state index is 12.2. The number of carboxylic acids is 1. The lowest BCUT2D eigenvalue weighted by atomic mass is 9.98. The number of nitrogens with one attached hydrogen (secondary N) is 2. The number of alkyl carbamates (subject to hydrolysis) is 1. The molecule has 7 nitrogen and oxygen atoms in total. The van der Waals surface area contributed by atoms with Gasteiger partial charge in [0.1, 0.15) is 13.2 Å². The Morgan fingerprint density at radius 2 is 1.48 bits per heavy atom. The number of carboxylic acid groups (broad SMARTS) is 1. The van der Waals surface area contributed by atoms with Crippen LogP contribution in [0.4, 0.5) is 10.5 Å². The number of hydrogen-bond acceptors (Lipinski definition) is 4. The van der Waals surface area contributed by atoms with Crippen molar-refractivity contribution >= 4 is 23.7 Å². The first-order chi connectivity index (χ1) is 15.9. The largest absolute Gasteiger partial charge is 0.481 e. The van der Waals surface area contributed by atoms with Crippen LogP contribution in [0.1, 0.15) is 35.4 Å². The smallest absolute Gasteiger partial charge is 0.407 e. The standard InChI is InChI=1S/C26H24N2O5/c1-16(25(30)31)17-10-12-18(13-11-17)28-24(29)14-27-26(32)33-15-23-21-8-4-2-6-19(21)20-7-3-5-9-22(20)23/h2-13,16,23H,14-15H2,1H3,(H,27,32)(H,28,29)(H,30,31). The number of ether oxygens (including phenoxy) is 1. The minimum atomic E-state index is -0.918. The molecule has 1 aliphatic rings. The van der Waals surface area contributed by atoms with Crippen LogP contribution in [0.25, 0.3) is 11.1 Å². The molecule has 1 aliphatic carbocycles. The minimum Gasteiger partial charge on any atom is -0.481 e. The summed E-state index contributed by atoms with van der Waals surface area (Å²) < 4.78 is 5.42. The highest BCUT2D eigenvalue weighted by molar-refractivity contribution is 5.94. The number of fused-ring (bicyclic) bond motifs is 3. The molecular formula is C26H24N2O5. The molecule has 7 heteroatoms. The predicted octanol–water partition coefficient (Wildman–Crippen LogP) is 4.35. The van der Waals surface area contributed by atoms with Crippen molar-refractivity contribution in [3.05, 3.63) is 89.5 Å². The first kappa shape index (κ1) is 22.1. The van der Waals surface area contributed by atoms with Gasteiger partial charge < -0.3 is 20.5 Å². The topological polar surface area (TPSA) is 105 Å². The summed E-state index contributed by atoms with van der Waals surface area (Å²) in [5.41, 5.74) is 5.67. The van der Waals surface area contributed by atoms with Crippen LogP contribution in [0.15, 0.2) is 72.8 Å². The lowest BCUT2D eigenvalue weighted by Crippen LogP contribution is -2.33. The highest BCUT2D eigenvalue weighted by atomic mass is 16.5. The highest BCUT2D eigenvalue weighted by Gasteiger charge is 2.29. The lowest BCUT2D eigenvalue weighted by Gasteiger charge is -2.14. The van der Waals surface area contributed by atoms with Gasteiger partial charge in [-0.25, -0.2) is 4.79 Å². The van der Waals surface area contributed by atoms with E-state index >= 15 is 0 Å². The SMILES string of the molecule is CC(C(=O)O)c1ccc(NC(=O)CNC(=O)OCC2c3ccccc3-c3ccccc32)cc1. The Kier molecular flexibility index (Phi) is 6.40. The highest BCUT2D eigenvalue weighted by Crippen LogP contribution is 2.44. The van der Waals surface area contributed by atoms with Crippen LogP contribution in [-0.4, -0.2) is 36.2 Å². The van der Waals surface area contributed by atoms with Crippen molar-refractivity contribution < 1.29 is 24.2 Å². The molecular weight excluding hydrogens is 420 g/mol. The summed E-state index contributed by atoms with van der Waals surface area (Å²) in [4.78, 5) is 35.4. The second-order valence-corrected chi connectivity index (χ2v) is 7.91. The van der Waals surface area contributed by atoms with Gasteiger partial charge in [0, 0.05) is 11.6 Å². The van der Waals surface area contributed by atoms with E-state index in [0.717, 1.165) is 22.3 Å². The van der Waals surface area contributed by atoms with Crippen LogP contribution in [0.5, 0.6) is 0 Å². The van der Waals surface area contributed by atoms with E-state index in [1.165, 1.54) is 0 Å². The summed E-state index contributed by atoms with van der Waals surface area (Å²) in [5, 5.41) is 14.2. The van der Waals surface area contributed by atoms with Crippen molar-refractivity contribution in [1.82, 2.24) is 5.32 Å². The van der Waals surface area contributed by atoms with Crippen molar-refractivity contribution in [2.75, 3.05) is 18.5 Å². The number of aliphatic carboxylic acids is 1. The van der Waals surface area contributed by atoms with Crippen molar-refractivity contribution in [2.24, 2.45) is 0 Å². The number of carbonyl (C=O) groups excluding carboxylic acids is 2. The van der Waals surface area contributed by atoms with Gasteiger partial charge in [0.25, 0.3) is 0 Å². The fraction of sp³-hybridized carbons (Fsp3) is 0.192. The molecule has 0 radical (unpaired) electrons. The number of rotatable bonds is 7. The fourth-order valence-electron chi connectivity index (χ4n) is 4.00. The summed E-state index contributed by atoms with van der Waals surface area (Å²) in [6.45, 7) is 1.52. The van der Waals surface area contributed by atoms with E-state index < -0.39 is 23.9 Å². The van der Waals surface area contributed by atoms with Gasteiger partial charge in [0.15, 0.2) is 0 Å². The van der Waals surface area contributed by atoms with E-state index in [2.05, 4.69) is 22.8 Å². The van der Waals surface area contributed by atoms with Crippen LogP contribution in [0, 0.1) is 0 Å². The summed E-state index contributed by atoms with van der Waals surface area (Å²) in [5.74, 6) is -2.02. The molecule has 3 N–H and O–H groups in total. The van der Waals surface area contributed by atoms with Crippen molar-refractivity contribution in [1.29, 1.82) is 0 Å². The fourth-order valence-corrected chi connectivity index (χ4v) is 4.00. The van der Waals surface area contributed by atoms with Crippen LogP contribution in [0.3, 0.4) is 0 Å². The van der Waals surface area contributed by atoms with Crippen molar-refractivity contribution in [3.8, 4) is 11.1 Å². The molecule has 0 spiro atoms. The Balaban J connectivity index is 1.28. The zero-order chi connectivity index (χ0) is 23.4. The predicted molar refractivity (Wildman–Crippen MR) is 124 cm³/mol. The number of carbonyl (C=O) groups is 3. The molecule has 0 aliphatic heterocycles. The summed E-state index contributed by atoms with van der Waals surface area (Å²) >= 11 is 0. The number of anilines is 1. The third-order valence-electron chi connectivity index (χ3n) is 5.80. The average molecular weight is 444 g/mol. The van der Waals surface area contributed by atoms with Crippen LogP contribution in [-0.2, 0) is 14.3 Å². The monoisotopic (exact) mass is 444 g/mol. The summed E-state index contributed by atoms with van der Waals surface area (Å²) in [6, 6.07) is 22.7. The van der Waals surface area contributed by atoms with Crippen LogP contribution < -0.4 is 10.6 Å². The average Bonchev–Trinajstić information content (AvgIpc) is 3.15. The molecule has 3 aromatic carbocycles. The van der Waals surface area contributed by atoms with E-state index in [9.17, 15) is 14.4 Å². The molecule has 3 aromatic rings. The van der Waals surface area contributed by atoms with Gasteiger partial charge in [-0.2, -0.15) is 0 Å². The summed E-state index contributed by atoms with van der Waals surface area (Å²) in [6.07, 6.45) is -0.669. The molecule has 0 fully saturated rings. The first-order valence-corrected chi connectivity index (χ1v) is 10.7. The van der Waals surface area contributed by atoms with Crippen molar-refractivity contribution in [3.63, 3.8) is 0 Å². The Morgan fingerprint density at radius 3 is 2.06 bits per heavy atom. The third kappa shape index (κ3) is 4.87. The van der Waals surface area contributed by atoms with E-state index in [-0.39, 0.29) is 19.1 Å². The van der Waals surface area contributed by atoms with Gasteiger partial charge in [-0.15, -0.1) is 0 Å². The normalized spacial score (nSPS) is 12.9. The minimum absolute atomic E-state index is 0.0521. The van der Waals surface area contributed by atoms with Gasteiger partial charge in [-0.05, 0) is 46.9 Å². The molecule has 0 aromatic heterocycles. The van der Waals surface area contributed by atoms with Gasteiger partial charge in [0.05, 0.1) is 5.92 Å². The molecule has 0 heterocycles. The van der Waals surface area contributed by atoms with E-state index in [4.69, 9.17) is 9.84 Å². The summed E-state index contributed by atoms with van der Waals surface area (Å²) in [7, 11) is 0. The van der Waals surface area contributed by atoms with Crippen LogP contribution in [0.2, 0.25) is 0 Å². The zero-order valence-electron chi connectivity index (χ0n) is 18.1. The van der Waals surface area contributed by atoms with E-state index in [1.807, 2.05) is 36.4 Å². The molecule has 2 amide bonds. The maximum Gasteiger partial charge on any atom is 0.407 e. The molecule has 0 bridgehead atoms.